The molecule has 0 radical (unpaired) electrons. The molecule has 0 bridgehead atoms. The number of rotatable bonds is 6. The van der Waals surface area contributed by atoms with Crippen molar-refractivity contribution in [3.8, 4) is 0 Å². The Morgan fingerprint density at radius 2 is 2.00 bits per heavy atom. The van der Waals surface area contributed by atoms with E-state index in [0.717, 1.165) is 26.0 Å². The van der Waals surface area contributed by atoms with E-state index in [0.29, 0.717) is 19.0 Å². The van der Waals surface area contributed by atoms with Gasteiger partial charge in [-0.05, 0) is 44.7 Å². The van der Waals surface area contributed by atoms with Gasteiger partial charge in [0, 0.05) is 44.9 Å². The second-order valence-electron chi connectivity index (χ2n) is 9.20. The largest absolute Gasteiger partial charge is 0.376 e. The van der Waals surface area contributed by atoms with Crippen LogP contribution in [-0.2, 0) is 21.8 Å². The quantitative estimate of drug-likeness (QED) is 0.758. The fourth-order valence-electron chi connectivity index (χ4n) is 4.71. The van der Waals surface area contributed by atoms with Crippen LogP contribution in [0.15, 0.2) is 47.9 Å². The lowest BCUT2D eigenvalue weighted by Crippen LogP contribution is -2.43. The Kier molecular flexibility index (Phi) is 6.03. The molecular formula is C22H32N4O3S. The number of benzene rings is 1. The first-order valence-corrected chi connectivity index (χ1v) is 12.1. The second-order valence-corrected chi connectivity index (χ2v) is 11.1. The van der Waals surface area contributed by atoms with Crippen LogP contribution >= 0.6 is 0 Å². The molecule has 3 unspecified atom stereocenters. The molecule has 1 aromatic carbocycles. The summed E-state index contributed by atoms with van der Waals surface area (Å²) in [5.74, 6) is 0.643. The Morgan fingerprint density at radius 1 is 1.23 bits per heavy atom. The van der Waals surface area contributed by atoms with E-state index >= 15 is 0 Å². The van der Waals surface area contributed by atoms with Crippen molar-refractivity contribution in [2.75, 3.05) is 26.2 Å². The van der Waals surface area contributed by atoms with E-state index in [-0.39, 0.29) is 22.6 Å². The lowest BCUT2D eigenvalue weighted by atomic mass is 9.87. The van der Waals surface area contributed by atoms with Gasteiger partial charge in [0.1, 0.15) is 0 Å². The standard InChI is InChI=1S/C22H32N4O3S/c1-22(2)11-17(9-10-29-22)12-23-20-14-26(13-19(20)18-7-5-4-6-8-18)30(27,28)21-15-25(3)16-24-21/h4-8,15-17,19-20,23H,9-14H2,1-3H3. The van der Waals surface area contributed by atoms with Crippen LogP contribution in [0.5, 0.6) is 0 Å². The molecule has 0 spiro atoms. The SMILES string of the molecule is Cn1cnc(S(=O)(=O)N2CC(NCC3CCOC(C)(C)C3)C(c3ccccc3)C2)c1. The van der Waals surface area contributed by atoms with Crippen LogP contribution in [0, 0.1) is 5.92 Å². The minimum atomic E-state index is -3.61. The highest BCUT2D eigenvalue weighted by atomic mass is 32.2. The van der Waals surface area contributed by atoms with Crippen molar-refractivity contribution in [1.29, 1.82) is 0 Å². The van der Waals surface area contributed by atoms with Crippen molar-refractivity contribution in [2.45, 2.75) is 49.3 Å². The van der Waals surface area contributed by atoms with Gasteiger partial charge in [0.25, 0.3) is 10.0 Å². The average molecular weight is 433 g/mol. The predicted octanol–water partition coefficient (Wildman–Crippen LogP) is 2.37. The van der Waals surface area contributed by atoms with Crippen molar-refractivity contribution < 1.29 is 13.2 Å². The third-order valence-corrected chi connectivity index (χ3v) is 7.98. The van der Waals surface area contributed by atoms with E-state index in [4.69, 9.17) is 4.74 Å². The molecule has 1 aromatic heterocycles. The zero-order valence-electron chi connectivity index (χ0n) is 18.0. The lowest BCUT2D eigenvalue weighted by Gasteiger charge is -2.36. The molecular weight excluding hydrogens is 400 g/mol. The molecule has 2 aliphatic rings. The maximum atomic E-state index is 13.2. The zero-order valence-corrected chi connectivity index (χ0v) is 18.8. The summed E-state index contributed by atoms with van der Waals surface area (Å²) in [5, 5.41) is 3.82. The highest BCUT2D eigenvalue weighted by molar-refractivity contribution is 7.89. The summed E-state index contributed by atoms with van der Waals surface area (Å²) < 4.78 is 35.4. The molecule has 1 N–H and O–H groups in total. The predicted molar refractivity (Wildman–Crippen MR) is 116 cm³/mol. The molecule has 164 valence electrons. The van der Waals surface area contributed by atoms with Crippen LogP contribution in [0.25, 0.3) is 0 Å². The van der Waals surface area contributed by atoms with E-state index in [1.165, 1.54) is 11.9 Å². The summed E-state index contributed by atoms with van der Waals surface area (Å²) in [6.45, 7) is 6.85. The highest BCUT2D eigenvalue weighted by Crippen LogP contribution is 2.33. The smallest absolute Gasteiger partial charge is 0.262 e. The topological polar surface area (TPSA) is 76.5 Å². The molecule has 4 rings (SSSR count). The zero-order chi connectivity index (χ0) is 21.4. The van der Waals surface area contributed by atoms with Gasteiger partial charge in [-0.25, -0.2) is 13.4 Å². The van der Waals surface area contributed by atoms with Gasteiger partial charge in [0.05, 0.1) is 11.9 Å². The minimum absolute atomic E-state index is 0.0665. The number of hydrogen-bond acceptors (Lipinski definition) is 5. The van der Waals surface area contributed by atoms with Crippen molar-refractivity contribution >= 4 is 10.0 Å². The molecule has 30 heavy (non-hydrogen) atoms. The Labute approximate surface area is 179 Å². The molecule has 2 fully saturated rings. The summed E-state index contributed by atoms with van der Waals surface area (Å²) in [6, 6.07) is 10.3. The van der Waals surface area contributed by atoms with Crippen molar-refractivity contribution in [3.05, 3.63) is 48.4 Å². The van der Waals surface area contributed by atoms with Gasteiger partial charge in [0.15, 0.2) is 5.03 Å². The maximum absolute atomic E-state index is 13.2. The van der Waals surface area contributed by atoms with E-state index in [2.05, 4.69) is 36.3 Å². The van der Waals surface area contributed by atoms with Crippen LogP contribution in [0.4, 0.5) is 0 Å². The first-order valence-electron chi connectivity index (χ1n) is 10.6. The number of ether oxygens (including phenoxy) is 1. The number of imidazole rings is 1. The van der Waals surface area contributed by atoms with Gasteiger partial charge in [-0.15, -0.1) is 0 Å². The third kappa shape index (κ3) is 4.61. The summed E-state index contributed by atoms with van der Waals surface area (Å²) >= 11 is 0. The van der Waals surface area contributed by atoms with Gasteiger partial charge < -0.3 is 14.6 Å². The van der Waals surface area contributed by atoms with Crippen LogP contribution in [0.2, 0.25) is 0 Å². The Hall–Kier alpha value is -1.74. The molecule has 8 heteroatoms. The summed E-state index contributed by atoms with van der Waals surface area (Å²) in [6.07, 6.45) is 5.14. The van der Waals surface area contributed by atoms with Crippen molar-refractivity contribution in [3.63, 3.8) is 0 Å². The Morgan fingerprint density at radius 3 is 2.67 bits per heavy atom. The van der Waals surface area contributed by atoms with E-state index in [1.54, 1.807) is 22.1 Å². The Bertz CT molecular complexity index is 958. The van der Waals surface area contributed by atoms with E-state index in [1.807, 2.05) is 18.2 Å². The maximum Gasteiger partial charge on any atom is 0.262 e. The minimum Gasteiger partial charge on any atom is -0.376 e. The van der Waals surface area contributed by atoms with Crippen molar-refractivity contribution in [2.24, 2.45) is 13.0 Å². The van der Waals surface area contributed by atoms with Gasteiger partial charge in [-0.2, -0.15) is 4.31 Å². The molecule has 3 atom stereocenters. The van der Waals surface area contributed by atoms with Crippen molar-refractivity contribution in [1.82, 2.24) is 19.2 Å². The molecule has 3 heterocycles. The fraction of sp³-hybridized carbons (Fsp3) is 0.591. The summed E-state index contributed by atoms with van der Waals surface area (Å²) in [5.41, 5.74) is 1.08. The first kappa shape index (κ1) is 21.5. The average Bonchev–Trinajstić information content (AvgIpc) is 3.33. The summed E-state index contributed by atoms with van der Waals surface area (Å²) in [4.78, 5) is 4.09. The fourth-order valence-corrected chi connectivity index (χ4v) is 6.17. The number of hydrogen-bond donors (Lipinski definition) is 1. The molecule has 2 aliphatic heterocycles. The van der Waals surface area contributed by atoms with E-state index in [9.17, 15) is 8.42 Å². The first-order chi connectivity index (χ1) is 14.2. The number of sulfonamides is 1. The van der Waals surface area contributed by atoms with Gasteiger partial charge in [-0.3, -0.25) is 0 Å². The molecule has 7 nitrogen and oxygen atoms in total. The molecule has 2 aromatic rings. The van der Waals surface area contributed by atoms with Gasteiger partial charge >= 0.3 is 0 Å². The van der Waals surface area contributed by atoms with Crippen LogP contribution in [-0.4, -0.2) is 60.2 Å². The number of aryl methyl sites for hydroxylation is 1. The number of nitrogens with one attached hydrogen (secondary N) is 1. The molecule has 0 amide bonds. The molecule has 0 aliphatic carbocycles. The monoisotopic (exact) mass is 432 g/mol. The van der Waals surface area contributed by atoms with Crippen LogP contribution < -0.4 is 5.32 Å². The molecule has 2 saturated heterocycles. The number of nitrogens with zero attached hydrogens (tertiary/aromatic N) is 3. The van der Waals surface area contributed by atoms with Gasteiger partial charge in [0.2, 0.25) is 0 Å². The van der Waals surface area contributed by atoms with E-state index < -0.39 is 10.0 Å². The van der Waals surface area contributed by atoms with Gasteiger partial charge in [-0.1, -0.05) is 30.3 Å². The highest BCUT2D eigenvalue weighted by Gasteiger charge is 2.41. The normalized spacial score (nSPS) is 27.4. The third-order valence-electron chi connectivity index (χ3n) is 6.27. The number of aromatic nitrogens is 2. The summed E-state index contributed by atoms with van der Waals surface area (Å²) in [7, 11) is -1.83. The lowest BCUT2D eigenvalue weighted by molar-refractivity contribution is -0.0721. The van der Waals surface area contributed by atoms with Crippen LogP contribution in [0.3, 0.4) is 0 Å². The van der Waals surface area contributed by atoms with Crippen LogP contribution in [0.1, 0.15) is 38.2 Å². The second kappa shape index (κ2) is 8.42. The Balaban J connectivity index is 1.51. The molecule has 0 saturated carbocycles.